The van der Waals surface area contributed by atoms with Gasteiger partial charge in [0.15, 0.2) is 0 Å². The van der Waals surface area contributed by atoms with Crippen LogP contribution in [0.1, 0.15) is 111 Å². The van der Waals surface area contributed by atoms with Gasteiger partial charge in [-0.25, -0.2) is 0 Å². The molecule has 0 fully saturated rings. The summed E-state index contributed by atoms with van der Waals surface area (Å²) in [5.74, 6) is 0. The topological polar surface area (TPSA) is 0 Å². The van der Waals surface area contributed by atoms with Crippen molar-refractivity contribution in [2.24, 2.45) is 0 Å². The third kappa shape index (κ3) is 7.86. The average Bonchev–Trinajstić information content (AvgIpc) is 2.40. The molecule has 0 spiro atoms. The molecule has 1 rings (SSSR count). The van der Waals surface area contributed by atoms with Crippen LogP contribution in [0, 0.1) is 20.8 Å². The first kappa shape index (κ1) is 30.6. The summed E-state index contributed by atoms with van der Waals surface area (Å²) in [5.41, 5.74) is 7.27. The quantitative estimate of drug-likeness (QED) is 0.203. The van der Waals surface area contributed by atoms with E-state index in [0.717, 1.165) is 0 Å². The van der Waals surface area contributed by atoms with Gasteiger partial charge in [0.1, 0.15) is 0 Å². The molecule has 0 N–H and O–H groups in total. The van der Waals surface area contributed by atoms with Crippen LogP contribution in [0.4, 0.5) is 0 Å². The second-order valence-corrected chi connectivity index (χ2v) is 20.5. The van der Waals surface area contributed by atoms with Crippen LogP contribution in [0.2, 0.25) is 0 Å². The molecule has 0 unspecified atom stereocenters. The summed E-state index contributed by atoms with van der Waals surface area (Å²) in [6, 6.07) is 2.44. The molecular formula is C27H49P2Rh-. The van der Waals surface area contributed by atoms with E-state index in [9.17, 15) is 0 Å². The Balaban J connectivity index is 0.00000841. The van der Waals surface area contributed by atoms with Crippen molar-refractivity contribution in [1.82, 2.24) is 0 Å². The Morgan fingerprint density at radius 2 is 0.833 bits per heavy atom. The number of rotatable bonds is 4. The van der Waals surface area contributed by atoms with E-state index in [0.29, 0.717) is 20.6 Å². The molecule has 0 bridgehead atoms. The molecule has 0 nitrogen and oxygen atoms in total. The molecule has 1 aromatic rings. The zero-order valence-electron chi connectivity index (χ0n) is 22.4. The number of aryl methyl sites for hydroxylation is 2. The summed E-state index contributed by atoms with van der Waals surface area (Å²) in [6.45, 7) is 38.4. The third-order valence-electron chi connectivity index (χ3n) is 5.99. The standard InChI is InChI=1S/C27H49P2.Rh/c1-19-16-20(2)23(18-29(26(10,11)12)27(13,14)15)21(3)22(19)17-28(24(4,5)6)25(7,8)9;/h16H,3,17-18H2,1-2,4-15H3;/q-1;. The van der Waals surface area contributed by atoms with Crippen molar-refractivity contribution < 1.29 is 19.5 Å². The van der Waals surface area contributed by atoms with Gasteiger partial charge < -0.3 is 0 Å². The monoisotopic (exact) mass is 538 g/mol. The fourth-order valence-electron chi connectivity index (χ4n) is 4.87. The Bertz CT molecular complexity index is 621. The summed E-state index contributed by atoms with van der Waals surface area (Å²) in [4.78, 5) is 0. The normalized spacial score (nSPS) is 13.7. The van der Waals surface area contributed by atoms with Crippen molar-refractivity contribution in [1.29, 1.82) is 0 Å². The molecule has 0 aliphatic rings. The second-order valence-electron chi connectivity index (χ2n) is 12.8. The van der Waals surface area contributed by atoms with Crippen LogP contribution in [0.25, 0.3) is 0 Å². The van der Waals surface area contributed by atoms with Crippen molar-refractivity contribution in [2.75, 3.05) is 0 Å². The fourth-order valence-corrected chi connectivity index (χ4v) is 12.3. The van der Waals surface area contributed by atoms with Crippen molar-refractivity contribution in [3.05, 3.63) is 40.8 Å². The maximum absolute atomic E-state index is 4.70. The average molecular weight is 539 g/mol. The number of hydrogen-bond acceptors (Lipinski definition) is 0. The summed E-state index contributed by atoms with van der Waals surface area (Å²) in [5, 5.41) is 1.34. The van der Waals surface area contributed by atoms with Crippen molar-refractivity contribution in [3.63, 3.8) is 0 Å². The van der Waals surface area contributed by atoms with Gasteiger partial charge in [0.05, 0.1) is 0 Å². The molecule has 1 aromatic carbocycles. The Morgan fingerprint density at radius 3 is 1.03 bits per heavy atom. The van der Waals surface area contributed by atoms with E-state index in [2.05, 4.69) is 103 Å². The van der Waals surface area contributed by atoms with Crippen LogP contribution >= 0.6 is 15.8 Å². The molecule has 0 saturated carbocycles. The summed E-state index contributed by atoms with van der Waals surface area (Å²) < 4.78 is 0. The first-order valence-electron chi connectivity index (χ1n) is 11.2. The zero-order valence-corrected chi connectivity index (χ0v) is 25.9. The van der Waals surface area contributed by atoms with Crippen LogP contribution in [-0.4, -0.2) is 20.6 Å². The molecule has 0 aliphatic carbocycles. The van der Waals surface area contributed by atoms with E-state index in [1.807, 2.05) is 0 Å². The van der Waals surface area contributed by atoms with Crippen molar-refractivity contribution >= 4 is 15.8 Å². The minimum atomic E-state index is -0.174. The maximum atomic E-state index is 4.70. The number of benzene rings is 1. The van der Waals surface area contributed by atoms with Crippen LogP contribution in [-0.2, 0) is 31.8 Å². The van der Waals surface area contributed by atoms with Gasteiger partial charge in [0, 0.05) is 19.5 Å². The van der Waals surface area contributed by atoms with Crippen LogP contribution in [0.3, 0.4) is 0 Å². The van der Waals surface area contributed by atoms with Gasteiger partial charge in [-0.15, -0.1) is 38.1 Å². The molecular weight excluding hydrogens is 489 g/mol. The van der Waals surface area contributed by atoms with Gasteiger partial charge in [-0.3, -0.25) is 0 Å². The predicted octanol–water partition coefficient (Wildman–Crippen LogP) is 9.64. The Hall–Kier alpha value is 0.573. The summed E-state index contributed by atoms with van der Waals surface area (Å²) >= 11 is 0. The number of hydrogen-bond donors (Lipinski definition) is 0. The molecule has 0 saturated heterocycles. The van der Waals surface area contributed by atoms with Crippen LogP contribution in [0.15, 0.2) is 6.07 Å². The molecule has 0 aliphatic heterocycles. The van der Waals surface area contributed by atoms with Crippen molar-refractivity contribution in [2.45, 2.75) is 130 Å². The van der Waals surface area contributed by atoms with Crippen LogP contribution in [0.5, 0.6) is 0 Å². The minimum absolute atomic E-state index is 0. The second kappa shape index (κ2) is 10.2. The van der Waals surface area contributed by atoms with E-state index in [4.69, 9.17) is 6.92 Å². The molecule has 0 aromatic heterocycles. The molecule has 3 heteroatoms. The third-order valence-corrected chi connectivity index (χ3v) is 13.7. The molecule has 1 radical (unpaired) electrons. The Labute approximate surface area is 205 Å². The van der Waals surface area contributed by atoms with E-state index >= 15 is 0 Å². The first-order chi connectivity index (χ1) is 12.7. The minimum Gasteiger partial charge on any atom is -0.198 e. The molecule has 0 amide bonds. The van der Waals surface area contributed by atoms with Gasteiger partial charge in [0.25, 0.3) is 0 Å². The summed E-state index contributed by atoms with van der Waals surface area (Å²) in [7, 11) is -0.347. The first-order valence-corrected chi connectivity index (χ1v) is 14.2. The van der Waals surface area contributed by atoms with Crippen molar-refractivity contribution in [3.8, 4) is 0 Å². The van der Waals surface area contributed by atoms with Gasteiger partial charge in [-0.05, 0) is 20.6 Å². The Kier molecular flexibility index (Phi) is 10.4. The zero-order chi connectivity index (χ0) is 23.2. The van der Waals surface area contributed by atoms with Gasteiger partial charge in [0.2, 0.25) is 0 Å². The van der Waals surface area contributed by atoms with Crippen LogP contribution < -0.4 is 0 Å². The molecule has 177 valence electrons. The van der Waals surface area contributed by atoms with E-state index < -0.39 is 0 Å². The fraction of sp³-hybridized carbons (Fsp3) is 0.741. The van der Waals surface area contributed by atoms with E-state index in [1.54, 1.807) is 0 Å². The van der Waals surface area contributed by atoms with E-state index in [1.165, 1.54) is 40.1 Å². The molecule has 0 heterocycles. The summed E-state index contributed by atoms with van der Waals surface area (Å²) in [6.07, 6.45) is 2.37. The SMILES string of the molecule is [CH2-]c1c(CP(C(C)(C)C)C(C)(C)C)c(C)cc(C)c1CP(C(C)(C)C)C(C)(C)C.[Rh]. The van der Waals surface area contributed by atoms with E-state index in [-0.39, 0.29) is 35.3 Å². The largest absolute Gasteiger partial charge is 0.198 e. The predicted molar refractivity (Wildman–Crippen MR) is 141 cm³/mol. The van der Waals surface area contributed by atoms with Gasteiger partial charge in [-0.2, -0.15) is 12.5 Å². The maximum Gasteiger partial charge on any atom is 0 e. The smallest absolute Gasteiger partial charge is 0 e. The van der Waals surface area contributed by atoms with Gasteiger partial charge >= 0.3 is 0 Å². The Morgan fingerprint density at radius 1 is 0.600 bits per heavy atom. The van der Waals surface area contributed by atoms with Gasteiger partial charge in [-0.1, -0.05) is 115 Å². The molecule has 30 heavy (non-hydrogen) atoms. The molecule has 0 atom stereocenters.